The Balaban J connectivity index is 1.59. The summed E-state index contributed by atoms with van der Waals surface area (Å²) in [5.41, 5.74) is 1.30. The third-order valence-corrected chi connectivity index (χ3v) is 4.09. The van der Waals surface area contributed by atoms with Gasteiger partial charge in [0.25, 0.3) is 11.6 Å². The maximum atomic E-state index is 12.2. The van der Waals surface area contributed by atoms with Crippen molar-refractivity contribution in [3.05, 3.63) is 99.5 Å². The highest BCUT2D eigenvalue weighted by Gasteiger charge is 2.10. The molecule has 3 aromatic rings. The lowest BCUT2D eigenvalue weighted by molar-refractivity contribution is -0.384. The molecule has 2 aromatic carbocycles. The molecule has 3 rings (SSSR count). The van der Waals surface area contributed by atoms with Gasteiger partial charge in [-0.05, 0) is 41.5 Å². The van der Waals surface area contributed by atoms with Crippen LogP contribution in [0.3, 0.4) is 0 Å². The second-order valence-corrected chi connectivity index (χ2v) is 6.22. The number of benzene rings is 2. The average molecular weight is 403 g/mol. The summed E-state index contributed by atoms with van der Waals surface area (Å²) in [7, 11) is 0. The molecule has 0 bridgehead atoms. The number of nitrogens with one attached hydrogen (secondary N) is 1. The van der Waals surface area contributed by atoms with E-state index in [1.165, 1.54) is 24.5 Å². The standard InChI is InChI=1S/C22H17N3O5/c23-13-18(22(26)24-14-21-5-2-10-29-21)11-16-6-8-20(9-7-16)30-15-17-3-1-4-19(12-17)25(27)28/h1-12H,14-15H2,(H,24,26). The number of nitro groups is 1. The number of hydrogen-bond donors (Lipinski definition) is 1. The molecule has 0 aliphatic rings. The van der Waals surface area contributed by atoms with E-state index >= 15 is 0 Å². The highest BCUT2D eigenvalue weighted by atomic mass is 16.6. The van der Waals surface area contributed by atoms with E-state index in [-0.39, 0.29) is 24.4 Å². The summed E-state index contributed by atoms with van der Waals surface area (Å²) < 4.78 is 10.8. The first-order chi connectivity index (χ1) is 14.5. The lowest BCUT2D eigenvalue weighted by atomic mass is 10.1. The molecule has 0 aliphatic heterocycles. The molecule has 150 valence electrons. The summed E-state index contributed by atoms with van der Waals surface area (Å²) in [6, 6.07) is 18.3. The fraction of sp³-hybridized carbons (Fsp3) is 0.0909. The van der Waals surface area contributed by atoms with Gasteiger partial charge < -0.3 is 14.5 Å². The minimum atomic E-state index is -0.500. The molecule has 0 saturated heterocycles. The predicted octanol–water partition coefficient (Wildman–Crippen LogP) is 3.99. The van der Waals surface area contributed by atoms with Crippen LogP contribution in [0.2, 0.25) is 0 Å². The van der Waals surface area contributed by atoms with Gasteiger partial charge in [0.2, 0.25) is 0 Å². The molecule has 1 amide bonds. The normalized spacial score (nSPS) is 10.8. The van der Waals surface area contributed by atoms with Crippen LogP contribution in [0.5, 0.6) is 5.75 Å². The summed E-state index contributed by atoms with van der Waals surface area (Å²) in [5.74, 6) is 0.644. The Morgan fingerprint density at radius 2 is 2.00 bits per heavy atom. The molecule has 0 unspecified atom stereocenters. The number of carbonyl (C=O) groups excluding carboxylic acids is 1. The van der Waals surface area contributed by atoms with Gasteiger partial charge in [-0.25, -0.2) is 0 Å². The van der Waals surface area contributed by atoms with Gasteiger partial charge in [0.15, 0.2) is 0 Å². The minimum Gasteiger partial charge on any atom is -0.489 e. The topological polar surface area (TPSA) is 118 Å². The molecule has 0 fully saturated rings. The summed E-state index contributed by atoms with van der Waals surface area (Å²) >= 11 is 0. The van der Waals surface area contributed by atoms with Crippen LogP contribution in [0.15, 0.2) is 76.9 Å². The van der Waals surface area contributed by atoms with Crippen molar-refractivity contribution >= 4 is 17.7 Å². The molecule has 0 aliphatic carbocycles. The van der Waals surface area contributed by atoms with E-state index < -0.39 is 10.8 Å². The maximum absolute atomic E-state index is 12.2. The molecule has 0 saturated carbocycles. The molecule has 1 N–H and O–H groups in total. The van der Waals surface area contributed by atoms with E-state index in [9.17, 15) is 20.2 Å². The van der Waals surface area contributed by atoms with Crippen LogP contribution in [0, 0.1) is 21.4 Å². The zero-order chi connectivity index (χ0) is 21.3. The monoisotopic (exact) mass is 403 g/mol. The Bertz CT molecular complexity index is 1100. The minimum absolute atomic E-state index is 0.00550. The van der Waals surface area contributed by atoms with Gasteiger partial charge in [0.05, 0.1) is 17.7 Å². The molecular formula is C22H17N3O5. The number of ether oxygens (including phenoxy) is 1. The van der Waals surface area contributed by atoms with Crippen molar-refractivity contribution in [3.8, 4) is 11.8 Å². The molecule has 8 heteroatoms. The highest BCUT2D eigenvalue weighted by molar-refractivity contribution is 6.01. The van der Waals surface area contributed by atoms with Crippen LogP contribution in [0.25, 0.3) is 6.08 Å². The van der Waals surface area contributed by atoms with Gasteiger partial charge in [-0.1, -0.05) is 24.3 Å². The summed E-state index contributed by atoms with van der Waals surface area (Å²) in [6.07, 6.45) is 2.98. The van der Waals surface area contributed by atoms with E-state index in [4.69, 9.17) is 9.15 Å². The third-order valence-electron chi connectivity index (χ3n) is 4.09. The van der Waals surface area contributed by atoms with Crippen LogP contribution in [0.4, 0.5) is 5.69 Å². The second-order valence-electron chi connectivity index (χ2n) is 6.22. The Kier molecular flexibility index (Phi) is 6.59. The van der Waals surface area contributed by atoms with E-state index in [2.05, 4.69) is 5.32 Å². The smallest absolute Gasteiger partial charge is 0.269 e. The van der Waals surface area contributed by atoms with E-state index in [1.807, 2.05) is 6.07 Å². The first-order valence-corrected chi connectivity index (χ1v) is 8.94. The van der Waals surface area contributed by atoms with Crippen molar-refractivity contribution < 1.29 is 18.9 Å². The SMILES string of the molecule is N#CC(=Cc1ccc(OCc2cccc([N+](=O)[O-])c2)cc1)C(=O)NCc1ccco1. The Morgan fingerprint density at radius 3 is 2.67 bits per heavy atom. The van der Waals surface area contributed by atoms with Crippen LogP contribution in [-0.4, -0.2) is 10.8 Å². The highest BCUT2D eigenvalue weighted by Crippen LogP contribution is 2.18. The molecule has 0 atom stereocenters. The Labute approximate surface area is 172 Å². The van der Waals surface area contributed by atoms with Gasteiger partial charge in [-0.15, -0.1) is 0 Å². The van der Waals surface area contributed by atoms with Crippen molar-refractivity contribution in [2.24, 2.45) is 0 Å². The molecule has 8 nitrogen and oxygen atoms in total. The number of nitriles is 1. The van der Waals surface area contributed by atoms with Crippen LogP contribution in [-0.2, 0) is 17.9 Å². The zero-order valence-electron chi connectivity index (χ0n) is 15.8. The van der Waals surface area contributed by atoms with Crippen molar-refractivity contribution in [1.29, 1.82) is 5.26 Å². The molecule has 0 spiro atoms. The zero-order valence-corrected chi connectivity index (χ0v) is 15.8. The summed E-state index contributed by atoms with van der Waals surface area (Å²) in [4.78, 5) is 22.5. The van der Waals surface area contributed by atoms with Gasteiger partial charge in [-0.3, -0.25) is 14.9 Å². The first kappa shape index (κ1) is 20.4. The van der Waals surface area contributed by atoms with Crippen LogP contribution >= 0.6 is 0 Å². The van der Waals surface area contributed by atoms with E-state index in [0.29, 0.717) is 22.6 Å². The number of hydrogen-bond acceptors (Lipinski definition) is 6. The van der Waals surface area contributed by atoms with Gasteiger partial charge in [0.1, 0.15) is 29.8 Å². The predicted molar refractivity (Wildman–Crippen MR) is 108 cm³/mol. The van der Waals surface area contributed by atoms with E-state index in [1.54, 1.807) is 48.5 Å². The van der Waals surface area contributed by atoms with Gasteiger partial charge >= 0.3 is 0 Å². The Hall–Kier alpha value is -4.38. The number of nitrogens with zero attached hydrogens (tertiary/aromatic N) is 2. The van der Waals surface area contributed by atoms with Crippen molar-refractivity contribution in [2.45, 2.75) is 13.2 Å². The molecule has 1 aromatic heterocycles. The van der Waals surface area contributed by atoms with Crippen LogP contribution in [0.1, 0.15) is 16.9 Å². The third kappa shape index (κ3) is 5.56. The molecule has 1 heterocycles. The average Bonchev–Trinajstić information content (AvgIpc) is 3.29. The first-order valence-electron chi connectivity index (χ1n) is 8.94. The number of amides is 1. The second kappa shape index (κ2) is 9.71. The van der Waals surface area contributed by atoms with Crippen LogP contribution < -0.4 is 10.1 Å². The number of carbonyl (C=O) groups is 1. The lowest BCUT2D eigenvalue weighted by Gasteiger charge is -2.07. The number of non-ortho nitro benzene ring substituents is 1. The van der Waals surface area contributed by atoms with E-state index in [0.717, 1.165) is 0 Å². The van der Waals surface area contributed by atoms with Crippen molar-refractivity contribution in [1.82, 2.24) is 5.32 Å². The summed E-state index contributed by atoms with van der Waals surface area (Å²) in [6.45, 7) is 0.366. The molecular weight excluding hydrogens is 386 g/mol. The summed E-state index contributed by atoms with van der Waals surface area (Å²) in [5, 5.41) is 22.7. The van der Waals surface area contributed by atoms with Crippen molar-refractivity contribution in [3.63, 3.8) is 0 Å². The molecule has 0 radical (unpaired) electrons. The van der Waals surface area contributed by atoms with Crippen molar-refractivity contribution in [2.75, 3.05) is 0 Å². The fourth-order valence-corrected chi connectivity index (χ4v) is 2.58. The van der Waals surface area contributed by atoms with Gasteiger partial charge in [-0.2, -0.15) is 5.26 Å². The number of furan rings is 1. The largest absolute Gasteiger partial charge is 0.489 e. The lowest BCUT2D eigenvalue weighted by Crippen LogP contribution is -2.23. The Morgan fingerprint density at radius 1 is 1.20 bits per heavy atom. The maximum Gasteiger partial charge on any atom is 0.269 e. The quantitative estimate of drug-likeness (QED) is 0.263. The van der Waals surface area contributed by atoms with Gasteiger partial charge in [0, 0.05) is 12.1 Å². The number of rotatable bonds is 8. The fourth-order valence-electron chi connectivity index (χ4n) is 2.58. The number of nitro benzene ring substituents is 1. The molecule has 30 heavy (non-hydrogen) atoms.